The van der Waals surface area contributed by atoms with Gasteiger partial charge in [-0.1, -0.05) is 97.1 Å². The molecule has 0 aliphatic rings. The van der Waals surface area contributed by atoms with Gasteiger partial charge >= 0.3 is 0 Å². The molecular weight excluding hydrogens is 376 g/mol. The van der Waals surface area contributed by atoms with E-state index in [0.717, 1.165) is 11.0 Å². The van der Waals surface area contributed by atoms with Gasteiger partial charge in [-0.15, -0.1) is 0 Å². The first-order valence-corrected chi connectivity index (χ1v) is 10.7. The Balaban J connectivity index is 1.70. The van der Waals surface area contributed by atoms with Gasteiger partial charge in [0.2, 0.25) is 0 Å². The van der Waals surface area contributed by atoms with Gasteiger partial charge in [0.25, 0.3) is 0 Å². The summed E-state index contributed by atoms with van der Waals surface area (Å²) in [5, 5.41) is 2.49. The van der Waals surface area contributed by atoms with E-state index < -0.39 is 0 Å². The predicted molar refractivity (Wildman–Crippen MR) is 129 cm³/mol. The van der Waals surface area contributed by atoms with Crippen LogP contribution < -0.4 is 0 Å². The molecule has 2 heteroatoms. The molecule has 0 aliphatic carbocycles. The molecule has 0 unspecified atom stereocenters. The Bertz CT molecular complexity index is 1430. The number of aromatic nitrogens is 2. The molecule has 0 saturated heterocycles. The van der Waals surface area contributed by atoms with Crippen molar-refractivity contribution in [3.8, 4) is 11.1 Å². The molecule has 2 heterocycles. The van der Waals surface area contributed by atoms with Crippen LogP contribution in [0.4, 0.5) is 0 Å². The van der Waals surface area contributed by atoms with Crippen LogP contribution in [0.25, 0.3) is 32.9 Å². The van der Waals surface area contributed by atoms with Crippen LogP contribution in [0.1, 0.15) is 22.7 Å². The van der Waals surface area contributed by atoms with Crippen molar-refractivity contribution in [2.75, 3.05) is 0 Å². The third kappa shape index (κ3) is 2.96. The molecule has 4 aromatic carbocycles. The normalized spacial score (nSPS) is 11.5. The minimum Gasteiger partial charge on any atom is -0.361 e. The summed E-state index contributed by atoms with van der Waals surface area (Å²) in [5.74, 6) is 0.110. The Labute approximate surface area is 181 Å². The van der Waals surface area contributed by atoms with Crippen molar-refractivity contribution in [2.45, 2.75) is 5.92 Å². The summed E-state index contributed by atoms with van der Waals surface area (Å²) in [4.78, 5) is 7.27. The number of H-pyrrole nitrogens is 2. The summed E-state index contributed by atoms with van der Waals surface area (Å²) in [7, 11) is 0. The Kier molecular flexibility index (Phi) is 4.21. The van der Waals surface area contributed by atoms with Crippen LogP contribution in [-0.4, -0.2) is 9.97 Å². The van der Waals surface area contributed by atoms with Crippen LogP contribution in [0.5, 0.6) is 0 Å². The van der Waals surface area contributed by atoms with Gasteiger partial charge in [-0.25, -0.2) is 0 Å². The van der Waals surface area contributed by atoms with Crippen molar-refractivity contribution in [3.05, 3.63) is 132 Å². The molecule has 0 spiro atoms. The highest BCUT2D eigenvalue weighted by Crippen LogP contribution is 2.43. The minimum absolute atomic E-state index is 0.110. The zero-order valence-corrected chi connectivity index (χ0v) is 17.0. The van der Waals surface area contributed by atoms with Crippen LogP contribution in [0.15, 0.2) is 115 Å². The van der Waals surface area contributed by atoms with Crippen LogP contribution >= 0.6 is 0 Å². The van der Waals surface area contributed by atoms with E-state index in [1.807, 2.05) is 0 Å². The number of rotatable bonds is 4. The number of hydrogen-bond donors (Lipinski definition) is 2. The van der Waals surface area contributed by atoms with Gasteiger partial charge in [0.15, 0.2) is 0 Å². The highest BCUT2D eigenvalue weighted by molar-refractivity contribution is 6.06. The molecule has 2 aromatic heterocycles. The largest absolute Gasteiger partial charge is 0.361 e. The Morgan fingerprint density at radius 2 is 1.06 bits per heavy atom. The molecule has 6 aromatic rings. The number of para-hydroxylation sites is 2. The van der Waals surface area contributed by atoms with E-state index in [0.29, 0.717) is 0 Å². The zero-order valence-electron chi connectivity index (χ0n) is 17.0. The summed E-state index contributed by atoms with van der Waals surface area (Å²) in [6.45, 7) is 0. The quantitative estimate of drug-likeness (QED) is 0.308. The summed E-state index contributed by atoms with van der Waals surface area (Å²) in [6.07, 6.45) is 2.15. The van der Waals surface area contributed by atoms with E-state index in [2.05, 4.69) is 125 Å². The fourth-order valence-corrected chi connectivity index (χ4v) is 4.76. The summed E-state index contributed by atoms with van der Waals surface area (Å²) >= 11 is 0. The molecule has 0 aliphatic heterocycles. The molecule has 0 saturated carbocycles. The first kappa shape index (κ1) is 17.8. The third-order valence-corrected chi connectivity index (χ3v) is 6.15. The van der Waals surface area contributed by atoms with E-state index in [9.17, 15) is 0 Å². The molecule has 0 radical (unpaired) electrons. The van der Waals surface area contributed by atoms with E-state index in [4.69, 9.17) is 0 Å². The van der Waals surface area contributed by atoms with E-state index >= 15 is 0 Å². The molecular formula is C29H22N2. The summed E-state index contributed by atoms with van der Waals surface area (Å²) < 4.78 is 0. The molecule has 0 atom stereocenters. The first-order chi connectivity index (χ1) is 15.4. The molecule has 2 nitrogen and oxygen atoms in total. The monoisotopic (exact) mass is 398 g/mol. The lowest BCUT2D eigenvalue weighted by atomic mass is 9.85. The third-order valence-electron chi connectivity index (χ3n) is 6.15. The van der Waals surface area contributed by atoms with Crippen molar-refractivity contribution in [2.24, 2.45) is 0 Å². The Morgan fingerprint density at radius 3 is 1.74 bits per heavy atom. The maximum atomic E-state index is 3.80. The van der Waals surface area contributed by atoms with Gasteiger partial charge in [0, 0.05) is 50.7 Å². The Hall–Kier alpha value is -4.04. The van der Waals surface area contributed by atoms with Gasteiger partial charge in [-0.3, -0.25) is 0 Å². The van der Waals surface area contributed by atoms with E-state index in [-0.39, 0.29) is 5.92 Å². The van der Waals surface area contributed by atoms with Crippen LogP contribution in [0.2, 0.25) is 0 Å². The van der Waals surface area contributed by atoms with Gasteiger partial charge in [-0.05, 0) is 23.3 Å². The van der Waals surface area contributed by atoms with Crippen LogP contribution in [0, 0.1) is 0 Å². The molecule has 0 amide bonds. The molecule has 6 rings (SSSR count). The first-order valence-electron chi connectivity index (χ1n) is 10.7. The number of nitrogens with one attached hydrogen (secondary N) is 2. The summed E-state index contributed by atoms with van der Waals surface area (Å²) in [5.41, 5.74) is 8.61. The maximum absolute atomic E-state index is 3.80. The van der Waals surface area contributed by atoms with Crippen molar-refractivity contribution in [1.82, 2.24) is 9.97 Å². The van der Waals surface area contributed by atoms with Crippen LogP contribution in [0.3, 0.4) is 0 Å². The van der Waals surface area contributed by atoms with Gasteiger partial charge in [0.05, 0.1) is 0 Å². The molecule has 148 valence electrons. The minimum atomic E-state index is 0.110. The highest BCUT2D eigenvalue weighted by atomic mass is 14.7. The number of hydrogen-bond acceptors (Lipinski definition) is 0. The van der Waals surface area contributed by atoms with Gasteiger partial charge in [-0.2, -0.15) is 0 Å². The second-order valence-electron chi connectivity index (χ2n) is 7.96. The lowest BCUT2D eigenvalue weighted by Crippen LogP contribution is -2.05. The van der Waals surface area contributed by atoms with E-state index in [1.165, 1.54) is 38.7 Å². The number of fused-ring (bicyclic) bond motifs is 2. The van der Waals surface area contributed by atoms with Crippen LogP contribution in [-0.2, 0) is 0 Å². The average Bonchev–Trinajstić information content (AvgIpc) is 3.42. The van der Waals surface area contributed by atoms with Crippen molar-refractivity contribution in [3.63, 3.8) is 0 Å². The van der Waals surface area contributed by atoms with Crippen molar-refractivity contribution >= 4 is 21.8 Å². The topological polar surface area (TPSA) is 31.6 Å². The fourth-order valence-electron chi connectivity index (χ4n) is 4.76. The second kappa shape index (κ2) is 7.33. The second-order valence-corrected chi connectivity index (χ2v) is 7.96. The predicted octanol–water partition coefficient (Wildman–Crippen LogP) is 7.50. The zero-order chi connectivity index (χ0) is 20.6. The average molecular weight is 399 g/mol. The van der Waals surface area contributed by atoms with Crippen molar-refractivity contribution < 1.29 is 0 Å². The lowest BCUT2D eigenvalue weighted by molar-refractivity contribution is 0.941. The maximum Gasteiger partial charge on any atom is 0.0497 e. The van der Waals surface area contributed by atoms with Gasteiger partial charge < -0.3 is 9.97 Å². The lowest BCUT2D eigenvalue weighted by Gasteiger charge is -2.19. The standard InChI is InChI=1S/C29H22N2/c1-3-11-20(12-4-1)27(21-13-5-2-6-14-21)29-28(23-16-8-10-18-26(23)31-29)24-19-30-25-17-9-7-15-22(24)25/h1-19,27,30-31H. The van der Waals surface area contributed by atoms with Crippen molar-refractivity contribution in [1.29, 1.82) is 0 Å². The number of aromatic amines is 2. The Morgan fingerprint density at radius 1 is 0.516 bits per heavy atom. The highest BCUT2D eigenvalue weighted by Gasteiger charge is 2.25. The molecule has 31 heavy (non-hydrogen) atoms. The summed E-state index contributed by atoms with van der Waals surface area (Å²) in [6, 6.07) is 38.7. The fraction of sp³-hybridized carbons (Fsp3) is 0.0345. The smallest absolute Gasteiger partial charge is 0.0497 e. The SMILES string of the molecule is c1ccc(C(c2ccccc2)c2[nH]c3ccccc3c2-c2c[nH]c3ccccc23)cc1. The molecule has 0 fully saturated rings. The van der Waals surface area contributed by atoms with E-state index in [1.54, 1.807) is 0 Å². The molecule has 2 N–H and O–H groups in total. The van der Waals surface area contributed by atoms with Gasteiger partial charge in [0.1, 0.15) is 0 Å². The molecule has 0 bridgehead atoms. The number of benzene rings is 4.